The molecule has 3 rings (SSSR count). The number of carbonyl (C=O) groups excluding carboxylic acids is 1. The van der Waals surface area contributed by atoms with Crippen LogP contribution in [0.1, 0.15) is 24.2 Å². The first-order valence-corrected chi connectivity index (χ1v) is 10.6. The fourth-order valence-corrected chi connectivity index (χ4v) is 5.16. The highest BCUT2D eigenvalue weighted by Crippen LogP contribution is 2.22. The Hall–Kier alpha value is -1.52. The normalized spacial score (nSPS) is 29.6. The summed E-state index contributed by atoms with van der Waals surface area (Å²) in [6.07, 6.45) is -0.842. The van der Waals surface area contributed by atoms with E-state index in [1.165, 1.54) is 16.4 Å². The van der Waals surface area contributed by atoms with Gasteiger partial charge in [0.1, 0.15) is 0 Å². The molecule has 2 fully saturated rings. The van der Waals surface area contributed by atoms with E-state index in [0.29, 0.717) is 19.6 Å². The van der Waals surface area contributed by atoms with Crippen LogP contribution in [-0.2, 0) is 14.8 Å². The second-order valence-corrected chi connectivity index (χ2v) is 9.24. The van der Waals surface area contributed by atoms with Crippen molar-refractivity contribution in [1.29, 1.82) is 0 Å². The van der Waals surface area contributed by atoms with Crippen LogP contribution in [0.25, 0.3) is 0 Å². The Kier molecular flexibility index (Phi) is 6.17. The second kappa shape index (κ2) is 8.24. The van der Waals surface area contributed by atoms with Gasteiger partial charge in [-0.25, -0.2) is 8.42 Å². The second-order valence-electron chi connectivity index (χ2n) is 7.30. The summed E-state index contributed by atoms with van der Waals surface area (Å²) >= 11 is 0. The Bertz CT molecular complexity index is 775. The number of aliphatic hydroxyl groups is 1. The van der Waals surface area contributed by atoms with Gasteiger partial charge in [-0.1, -0.05) is 6.07 Å². The quantitative estimate of drug-likeness (QED) is 0.635. The maximum atomic E-state index is 13.0. The lowest BCUT2D eigenvalue weighted by molar-refractivity contribution is -0.0440. The highest BCUT2D eigenvalue weighted by Gasteiger charge is 2.32. The van der Waals surface area contributed by atoms with Crippen molar-refractivity contribution in [3.63, 3.8) is 0 Å². The number of morpholine rings is 1. The van der Waals surface area contributed by atoms with E-state index < -0.39 is 16.1 Å². The summed E-state index contributed by atoms with van der Waals surface area (Å²) in [5, 5.41) is 15.6. The van der Waals surface area contributed by atoms with E-state index in [9.17, 15) is 18.3 Å². The van der Waals surface area contributed by atoms with Crippen LogP contribution in [0.15, 0.2) is 29.2 Å². The van der Waals surface area contributed by atoms with Crippen LogP contribution in [0.5, 0.6) is 0 Å². The van der Waals surface area contributed by atoms with E-state index in [0.717, 1.165) is 0 Å². The summed E-state index contributed by atoms with van der Waals surface area (Å²) in [4.78, 5) is 12.5. The Morgan fingerprint density at radius 2 is 2.00 bits per heavy atom. The van der Waals surface area contributed by atoms with Crippen molar-refractivity contribution in [2.45, 2.75) is 37.1 Å². The van der Waals surface area contributed by atoms with Gasteiger partial charge in [0.05, 0.1) is 23.2 Å². The first kappa shape index (κ1) is 20.2. The molecule has 2 saturated heterocycles. The highest BCUT2D eigenvalue weighted by molar-refractivity contribution is 7.89. The smallest absolute Gasteiger partial charge is 0.251 e. The van der Waals surface area contributed by atoms with Crippen LogP contribution >= 0.6 is 0 Å². The zero-order chi connectivity index (χ0) is 19.6. The van der Waals surface area contributed by atoms with Crippen molar-refractivity contribution in [3.05, 3.63) is 29.8 Å². The third-order valence-corrected chi connectivity index (χ3v) is 6.78. The molecule has 0 spiro atoms. The SMILES string of the molecule is CC1CN(S(=O)(=O)c2cccc(C(=O)NCC3CNCC3O)c2)CC(C)O1. The predicted octanol–water partition coefficient (Wildman–Crippen LogP) is -0.205. The van der Waals surface area contributed by atoms with Crippen LogP contribution < -0.4 is 10.6 Å². The number of nitrogens with zero attached hydrogens (tertiary/aromatic N) is 1. The number of carbonyl (C=O) groups is 1. The first-order chi connectivity index (χ1) is 12.8. The molecule has 2 aliphatic rings. The Morgan fingerprint density at radius 3 is 2.63 bits per heavy atom. The van der Waals surface area contributed by atoms with Crippen molar-refractivity contribution in [2.24, 2.45) is 5.92 Å². The van der Waals surface area contributed by atoms with Crippen LogP contribution in [0.4, 0.5) is 0 Å². The van der Waals surface area contributed by atoms with E-state index in [2.05, 4.69) is 10.6 Å². The molecule has 2 heterocycles. The number of β-amino-alcohol motifs (C(OH)–C–C–N with tert-alkyl or cyclic N) is 1. The van der Waals surface area contributed by atoms with E-state index in [1.54, 1.807) is 12.1 Å². The maximum Gasteiger partial charge on any atom is 0.251 e. The molecule has 0 aliphatic carbocycles. The molecule has 3 N–H and O–H groups in total. The van der Waals surface area contributed by atoms with Crippen LogP contribution in [0.2, 0.25) is 0 Å². The monoisotopic (exact) mass is 397 g/mol. The van der Waals surface area contributed by atoms with Crippen molar-refractivity contribution in [3.8, 4) is 0 Å². The van der Waals surface area contributed by atoms with E-state index in [1.807, 2.05) is 13.8 Å². The van der Waals surface area contributed by atoms with Crippen LogP contribution in [0, 0.1) is 5.92 Å². The van der Waals surface area contributed by atoms with Gasteiger partial charge in [0.25, 0.3) is 5.91 Å². The minimum absolute atomic E-state index is 0.0443. The minimum atomic E-state index is -3.70. The van der Waals surface area contributed by atoms with Gasteiger partial charge >= 0.3 is 0 Å². The van der Waals surface area contributed by atoms with Crippen LogP contribution in [0.3, 0.4) is 0 Å². The van der Waals surface area contributed by atoms with Crippen molar-refractivity contribution >= 4 is 15.9 Å². The van der Waals surface area contributed by atoms with Crippen molar-refractivity contribution in [2.75, 3.05) is 32.7 Å². The van der Waals surface area contributed by atoms with Gasteiger partial charge in [0.2, 0.25) is 10.0 Å². The summed E-state index contributed by atoms with van der Waals surface area (Å²) in [6, 6.07) is 6.06. The molecule has 0 saturated carbocycles. The average molecular weight is 397 g/mol. The zero-order valence-corrected chi connectivity index (χ0v) is 16.4. The molecule has 4 unspecified atom stereocenters. The average Bonchev–Trinajstić information content (AvgIpc) is 3.04. The van der Waals surface area contributed by atoms with Gasteiger partial charge in [-0.15, -0.1) is 0 Å². The van der Waals surface area contributed by atoms with Gasteiger partial charge in [-0.2, -0.15) is 4.31 Å². The number of rotatable bonds is 5. The summed E-state index contributed by atoms with van der Waals surface area (Å²) in [7, 11) is -3.70. The number of sulfonamides is 1. The molecule has 4 atom stereocenters. The molecule has 0 radical (unpaired) electrons. The van der Waals surface area contributed by atoms with Crippen molar-refractivity contribution < 1.29 is 23.1 Å². The maximum absolute atomic E-state index is 13.0. The number of benzene rings is 1. The molecule has 150 valence electrons. The summed E-state index contributed by atoms with van der Waals surface area (Å²) < 4.78 is 32.9. The number of ether oxygens (including phenoxy) is 1. The summed E-state index contributed by atoms with van der Waals surface area (Å²) in [5.41, 5.74) is 0.283. The van der Waals surface area contributed by atoms with Gasteiger partial charge < -0.3 is 20.5 Å². The number of hydrogen-bond acceptors (Lipinski definition) is 6. The number of nitrogens with one attached hydrogen (secondary N) is 2. The largest absolute Gasteiger partial charge is 0.391 e. The minimum Gasteiger partial charge on any atom is -0.391 e. The van der Waals surface area contributed by atoms with E-state index in [4.69, 9.17) is 4.74 Å². The highest BCUT2D eigenvalue weighted by atomic mass is 32.2. The number of hydrogen-bond donors (Lipinski definition) is 3. The zero-order valence-electron chi connectivity index (χ0n) is 15.6. The molecular weight excluding hydrogens is 370 g/mol. The molecule has 9 heteroatoms. The molecule has 1 aromatic carbocycles. The third-order valence-electron chi connectivity index (χ3n) is 4.95. The molecule has 1 aromatic rings. The molecule has 8 nitrogen and oxygen atoms in total. The summed E-state index contributed by atoms with van der Waals surface area (Å²) in [5.74, 6) is -0.396. The van der Waals surface area contributed by atoms with Gasteiger partial charge in [-0.05, 0) is 32.0 Å². The summed E-state index contributed by atoms with van der Waals surface area (Å²) in [6.45, 7) is 5.75. The standard InChI is InChI=1S/C18H27N3O5S/c1-12-10-21(11-13(2)26-12)27(24,25)16-5-3-4-14(6-16)18(23)20-8-15-7-19-9-17(15)22/h3-6,12-13,15,17,19,22H,7-11H2,1-2H3,(H,20,23). The van der Waals surface area contributed by atoms with Gasteiger partial charge in [-0.3, -0.25) is 4.79 Å². The van der Waals surface area contributed by atoms with Gasteiger partial charge in [0, 0.05) is 44.2 Å². The topological polar surface area (TPSA) is 108 Å². The molecule has 2 aliphatic heterocycles. The Labute approximate surface area is 159 Å². The molecule has 0 bridgehead atoms. The lowest BCUT2D eigenvalue weighted by Gasteiger charge is -2.34. The first-order valence-electron chi connectivity index (χ1n) is 9.20. The van der Waals surface area contributed by atoms with Crippen LogP contribution in [-0.4, -0.2) is 74.8 Å². The fraction of sp³-hybridized carbons (Fsp3) is 0.611. The number of amides is 1. The lowest BCUT2D eigenvalue weighted by atomic mass is 10.1. The Balaban J connectivity index is 1.71. The third kappa shape index (κ3) is 4.67. The molecule has 0 aromatic heterocycles. The predicted molar refractivity (Wildman–Crippen MR) is 99.9 cm³/mol. The van der Waals surface area contributed by atoms with E-state index in [-0.39, 0.29) is 47.6 Å². The van der Waals surface area contributed by atoms with E-state index >= 15 is 0 Å². The van der Waals surface area contributed by atoms with Gasteiger partial charge in [0.15, 0.2) is 0 Å². The Morgan fingerprint density at radius 1 is 1.30 bits per heavy atom. The lowest BCUT2D eigenvalue weighted by Crippen LogP contribution is -2.48. The number of aliphatic hydroxyl groups excluding tert-OH is 1. The fourth-order valence-electron chi connectivity index (χ4n) is 3.53. The molecule has 27 heavy (non-hydrogen) atoms. The van der Waals surface area contributed by atoms with Crippen molar-refractivity contribution in [1.82, 2.24) is 14.9 Å². The molecular formula is C18H27N3O5S. The molecule has 1 amide bonds.